The van der Waals surface area contributed by atoms with E-state index in [-0.39, 0.29) is 31.1 Å². The molecular weight excluding hydrogens is 661 g/mol. The van der Waals surface area contributed by atoms with E-state index in [9.17, 15) is 14.4 Å². The van der Waals surface area contributed by atoms with Crippen LogP contribution in [0.15, 0.2) is 48.6 Å². The fraction of sp³-hybridized carbons (Fsp3) is 0.766. The molecule has 0 bridgehead atoms. The van der Waals surface area contributed by atoms with Crippen molar-refractivity contribution in [3.63, 3.8) is 0 Å². The lowest BCUT2D eigenvalue weighted by atomic mass is 10.1. The van der Waals surface area contributed by atoms with E-state index < -0.39 is 6.10 Å². The molecule has 0 N–H and O–H groups in total. The molecule has 0 aromatic carbocycles. The molecule has 0 rings (SSSR count). The van der Waals surface area contributed by atoms with Crippen LogP contribution >= 0.6 is 0 Å². The molecule has 0 saturated carbocycles. The highest BCUT2D eigenvalue weighted by Crippen LogP contribution is 2.13. The molecule has 0 saturated heterocycles. The number of allylic oxidation sites excluding steroid dienone is 8. The largest absolute Gasteiger partial charge is 0.462 e. The van der Waals surface area contributed by atoms with Crippen molar-refractivity contribution in [1.82, 2.24) is 0 Å². The molecule has 0 fully saturated rings. The number of unbranched alkanes of at least 4 members (excludes halogenated alkanes) is 20. The molecule has 0 amide bonds. The lowest BCUT2D eigenvalue weighted by Gasteiger charge is -2.18. The predicted octanol–water partition coefficient (Wildman–Crippen LogP) is 14.0. The van der Waals surface area contributed by atoms with Crippen LogP contribution in [-0.2, 0) is 28.6 Å². The first-order chi connectivity index (χ1) is 26.0. The first-order valence-electron chi connectivity index (χ1n) is 22.1. The Morgan fingerprint density at radius 1 is 0.377 bits per heavy atom. The van der Waals surface area contributed by atoms with Crippen molar-refractivity contribution in [2.45, 2.75) is 219 Å². The van der Waals surface area contributed by atoms with Crippen molar-refractivity contribution in [3.8, 4) is 0 Å². The summed E-state index contributed by atoms with van der Waals surface area (Å²) in [7, 11) is 0. The minimum Gasteiger partial charge on any atom is -0.462 e. The van der Waals surface area contributed by atoms with E-state index in [1.54, 1.807) is 0 Å². The summed E-state index contributed by atoms with van der Waals surface area (Å²) in [4.78, 5) is 37.6. The summed E-state index contributed by atoms with van der Waals surface area (Å²) in [6, 6.07) is 0. The normalized spacial score (nSPS) is 12.4. The summed E-state index contributed by atoms with van der Waals surface area (Å²) in [6.07, 6.45) is 48.0. The molecule has 6 heteroatoms. The molecule has 0 aliphatic carbocycles. The second kappa shape index (κ2) is 42.1. The van der Waals surface area contributed by atoms with Crippen LogP contribution in [0.5, 0.6) is 0 Å². The van der Waals surface area contributed by atoms with E-state index in [1.807, 2.05) is 0 Å². The van der Waals surface area contributed by atoms with Gasteiger partial charge in [-0.05, 0) is 70.6 Å². The number of carbonyl (C=O) groups is 3. The van der Waals surface area contributed by atoms with Crippen LogP contribution in [0, 0.1) is 0 Å². The summed E-state index contributed by atoms with van der Waals surface area (Å²) in [6.45, 7) is 6.45. The van der Waals surface area contributed by atoms with Gasteiger partial charge >= 0.3 is 17.9 Å². The highest BCUT2D eigenvalue weighted by molar-refractivity contribution is 5.71. The molecule has 0 spiro atoms. The van der Waals surface area contributed by atoms with Gasteiger partial charge in [-0.15, -0.1) is 0 Å². The third-order valence-electron chi connectivity index (χ3n) is 9.27. The van der Waals surface area contributed by atoms with E-state index in [4.69, 9.17) is 14.2 Å². The van der Waals surface area contributed by atoms with Crippen molar-refractivity contribution in [3.05, 3.63) is 48.6 Å². The van der Waals surface area contributed by atoms with Crippen molar-refractivity contribution >= 4 is 17.9 Å². The summed E-state index contributed by atoms with van der Waals surface area (Å²) >= 11 is 0. The van der Waals surface area contributed by atoms with Crippen molar-refractivity contribution in [2.75, 3.05) is 13.2 Å². The zero-order valence-corrected chi connectivity index (χ0v) is 34.8. The lowest BCUT2D eigenvalue weighted by Crippen LogP contribution is -2.30. The number of ether oxygens (including phenoxy) is 3. The fourth-order valence-electron chi connectivity index (χ4n) is 5.93. The zero-order chi connectivity index (χ0) is 38.7. The molecule has 0 aromatic heterocycles. The van der Waals surface area contributed by atoms with Crippen LogP contribution in [0.4, 0.5) is 0 Å². The molecule has 0 aromatic rings. The van der Waals surface area contributed by atoms with Crippen LogP contribution < -0.4 is 0 Å². The molecule has 0 aliphatic rings. The Balaban J connectivity index is 4.41. The first-order valence-corrected chi connectivity index (χ1v) is 22.1. The number of hydrogen-bond donors (Lipinski definition) is 0. The van der Waals surface area contributed by atoms with Gasteiger partial charge in [0.15, 0.2) is 6.10 Å². The smallest absolute Gasteiger partial charge is 0.306 e. The minimum absolute atomic E-state index is 0.0827. The number of rotatable bonds is 39. The average molecular weight is 743 g/mol. The standard InChI is InChI=1S/C47H82O6/c1-4-7-10-13-16-19-21-23-25-28-31-34-37-40-46(49)52-43-44(42-51-45(48)39-36-33-30-27-18-15-12-9-6-3)53-47(50)41-38-35-32-29-26-24-22-20-17-14-11-8-5-2/h10-11,13-14,19-22,44H,4-9,12,15-18,23-43H2,1-3H3/b13-10-,14-11-,21-19-,22-20-. The van der Waals surface area contributed by atoms with Crippen LogP contribution in [0.1, 0.15) is 213 Å². The number of carbonyl (C=O) groups excluding carboxylic acids is 3. The summed E-state index contributed by atoms with van der Waals surface area (Å²) in [5.74, 6) is -0.917. The van der Waals surface area contributed by atoms with Gasteiger partial charge in [-0.2, -0.15) is 0 Å². The molecule has 1 atom stereocenters. The number of hydrogen-bond acceptors (Lipinski definition) is 6. The molecule has 0 heterocycles. The molecule has 306 valence electrons. The molecule has 0 aliphatic heterocycles. The van der Waals surface area contributed by atoms with E-state index in [1.165, 1.54) is 57.8 Å². The van der Waals surface area contributed by atoms with Gasteiger partial charge in [0.1, 0.15) is 13.2 Å². The van der Waals surface area contributed by atoms with E-state index in [2.05, 4.69) is 69.4 Å². The second-order valence-electron chi connectivity index (χ2n) is 14.6. The van der Waals surface area contributed by atoms with Crippen LogP contribution in [0.3, 0.4) is 0 Å². The van der Waals surface area contributed by atoms with Gasteiger partial charge in [0, 0.05) is 19.3 Å². The van der Waals surface area contributed by atoms with Gasteiger partial charge in [-0.1, -0.05) is 172 Å². The summed E-state index contributed by atoms with van der Waals surface area (Å²) < 4.78 is 16.6. The Labute approximate surface area is 327 Å². The Hall–Kier alpha value is -2.63. The van der Waals surface area contributed by atoms with E-state index in [0.717, 1.165) is 116 Å². The second-order valence-corrected chi connectivity index (χ2v) is 14.6. The Morgan fingerprint density at radius 2 is 0.717 bits per heavy atom. The summed E-state index contributed by atoms with van der Waals surface area (Å²) in [5, 5.41) is 0. The Kier molecular flexibility index (Phi) is 40.0. The van der Waals surface area contributed by atoms with E-state index in [0.29, 0.717) is 19.3 Å². The maximum Gasteiger partial charge on any atom is 0.306 e. The van der Waals surface area contributed by atoms with Gasteiger partial charge in [0.2, 0.25) is 0 Å². The van der Waals surface area contributed by atoms with Crippen LogP contribution in [0.2, 0.25) is 0 Å². The maximum atomic E-state index is 12.7. The Bertz CT molecular complexity index is 949. The van der Waals surface area contributed by atoms with Crippen molar-refractivity contribution in [1.29, 1.82) is 0 Å². The molecule has 6 nitrogen and oxygen atoms in total. The molecular formula is C47H82O6. The van der Waals surface area contributed by atoms with Crippen LogP contribution in [-0.4, -0.2) is 37.2 Å². The fourth-order valence-corrected chi connectivity index (χ4v) is 5.93. The quantitative estimate of drug-likeness (QED) is 0.0270. The Morgan fingerprint density at radius 3 is 1.11 bits per heavy atom. The topological polar surface area (TPSA) is 78.9 Å². The zero-order valence-electron chi connectivity index (χ0n) is 34.8. The maximum absolute atomic E-state index is 12.7. The lowest BCUT2D eigenvalue weighted by molar-refractivity contribution is -0.167. The third kappa shape index (κ3) is 40.4. The SMILES string of the molecule is CCC/C=C\C/C=C\CCCCCCCC(=O)OCC(COC(=O)CCCCCCCCCCC)OC(=O)CCCCCCC/C=C\C/C=C\CCC. The molecule has 0 radical (unpaired) electrons. The first kappa shape index (κ1) is 50.4. The predicted molar refractivity (Wildman–Crippen MR) is 224 cm³/mol. The summed E-state index contributed by atoms with van der Waals surface area (Å²) in [5.41, 5.74) is 0. The highest BCUT2D eigenvalue weighted by atomic mass is 16.6. The van der Waals surface area contributed by atoms with Crippen molar-refractivity contribution < 1.29 is 28.6 Å². The van der Waals surface area contributed by atoms with Gasteiger partial charge < -0.3 is 14.2 Å². The van der Waals surface area contributed by atoms with Gasteiger partial charge in [-0.25, -0.2) is 0 Å². The molecule has 53 heavy (non-hydrogen) atoms. The van der Waals surface area contributed by atoms with Gasteiger partial charge in [0.05, 0.1) is 0 Å². The van der Waals surface area contributed by atoms with E-state index >= 15 is 0 Å². The van der Waals surface area contributed by atoms with Gasteiger partial charge in [0.25, 0.3) is 0 Å². The monoisotopic (exact) mass is 743 g/mol. The number of esters is 3. The molecule has 1 unspecified atom stereocenters. The average Bonchev–Trinajstić information content (AvgIpc) is 3.15. The van der Waals surface area contributed by atoms with Gasteiger partial charge in [-0.3, -0.25) is 14.4 Å². The minimum atomic E-state index is -0.780. The van der Waals surface area contributed by atoms with Crippen molar-refractivity contribution in [2.24, 2.45) is 0 Å². The van der Waals surface area contributed by atoms with Crippen LogP contribution in [0.25, 0.3) is 0 Å². The third-order valence-corrected chi connectivity index (χ3v) is 9.27. The highest BCUT2D eigenvalue weighted by Gasteiger charge is 2.19.